The number of benzene rings is 1. The average Bonchev–Trinajstić information content (AvgIpc) is 2.81. The third-order valence-corrected chi connectivity index (χ3v) is 2.47. The quantitative estimate of drug-likeness (QED) is 0.703. The van der Waals surface area contributed by atoms with Gasteiger partial charge in [0.1, 0.15) is 17.9 Å². The van der Waals surface area contributed by atoms with Crippen molar-refractivity contribution in [3.05, 3.63) is 30.4 Å². The van der Waals surface area contributed by atoms with E-state index >= 15 is 0 Å². The summed E-state index contributed by atoms with van der Waals surface area (Å²) in [5, 5.41) is 9.94. The van der Waals surface area contributed by atoms with Gasteiger partial charge in [-0.2, -0.15) is 5.10 Å². The molecule has 1 heterocycles. The van der Waals surface area contributed by atoms with Gasteiger partial charge in [-0.25, -0.2) is 4.98 Å². The smallest absolute Gasteiger partial charge is 0.146 e. The summed E-state index contributed by atoms with van der Waals surface area (Å²) in [7, 11) is 0. The summed E-state index contributed by atoms with van der Waals surface area (Å²) in [5.74, 6) is 1.53. The molecule has 6 nitrogen and oxygen atoms in total. The van der Waals surface area contributed by atoms with Gasteiger partial charge >= 0.3 is 0 Å². The lowest BCUT2D eigenvalue weighted by atomic mass is 10.2. The number of aromatic amines is 1. The summed E-state index contributed by atoms with van der Waals surface area (Å²) in [6, 6.07) is 5.58. The number of hydrogen-bond acceptors (Lipinski definition) is 5. The van der Waals surface area contributed by atoms with Crippen molar-refractivity contribution < 1.29 is 4.74 Å². The number of hydrogen-bond donors (Lipinski definition) is 3. The van der Waals surface area contributed by atoms with E-state index in [2.05, 4.69) is 20.5 Å². The molecule has 0 saturated carbocycles. The molecule has 1 unspecified atom stereocenters. The average molecular weight is 247 g/mol. The van der Waals surface area contributed by atoms with E-state index in [-0.39, 0.29) is 6.04 Å². The lowest BCUT2D eigenvalue weighted by Crippen LogP contribution is -2.09. The van der Waals surface area contributed by atoms with Crippen LogP contribution < -0.4 is 15.8 Å². The van der Waals surface area contributed by atoms with Crippen LogP contribution in [-0.2, 0) is 0 Å². The largest absolute Gasteiger partial charge is 0.494 e. The molecule has 0 radical (unpaired) electrons. The summed E-state index contributed by atoms with van der Waals surface area (Å²) in [6.07, 6.45) is 1.48. The zero-order chi connectivity index (χ0) is 13.0. The Kier molecular flexibility index (Phi) is 3.66. The van der Waals surface area contributed by atoms with Crippen molar-refractivity contribution in [2.75, 3.05) is 17.7 Å². The molecule has 2 rings (SSSR count). The lowest BCUT2D eigenvalue weighted by Gasteiger charge is -2.14. The first-order valence-corrected chi connectivity index (χ1v) is 5.84. The highest BCUT2D eigenvalue weighted by Crippen LogP contribution is 2.25. The van der Waals surface area contributed by atoms with Crippen molar-refractivity contribution in [1.82, 2.24) is 15.2 Å². The molecule has 0 aliphatic heterocycles. The van der Waals surface area contributed by atoms with E-state index in [1.807, 2.05) is 26.0 Å². The zero-order valence-corrected chi connectivity index (χ0v) is 10.5. The number of nitrogens with zero attached hydrogens (tertiary/aromatic N) is 2. The summed E-state index contributed by atoms with van der Waals surface area (Å²) >= 11 is 0. The fourth-order valence-electron chi connectivity index (χ4n) is 1.70. The summed E-state index contributed by atoms with van der Waals surface area (Å²) < 4.78 is 5.44. The van der Waals surface area contributed by atoms with Gasteiger partial charge in [0.05, 0.1) is 12.6 Å². The summed E-state index contributed by atoms with van der Waals surface area (Å²) in [4.78, 5) is 4.10. The molecule has 1 aromatic carbocycles. The van der Waals surface area contributed by atoms with E-state index in [4.69, 9.17) is 10.5 Å². The second-order valence-corrected chi connectivity index (χ2v) is 3.96. The number of aromatic nitrogens is 3. The highest BCUT2D eigenvalue weighted by atomic mass is 16.5. The van der Waals surface area contributed by atoms with E-state index < -0.39 is 0 Å². The van der Waals surface area contributed by atoms with Crippen LogP contribution in [0.1, 0.15) is 25.7 Å². The molecule has 1 atom stereocenters. The fraction of sp³-hybridized carbons (Fsp3) is 0.333. The van der Waals surface area contributed by atoms with Crippen molar-refractivity contribution in [3.63, 3.8) is 0 Å². The van der Waals surface area contributed by atoms with Crippen LogP contribution in [0.3, 0.4) is 0 Å². The zero-order valence-electron chi connectivity index (χ0n) is 10.5. The molecule has 6 heteroatoms. The number of H-pyrrole nitrogens is 1. The maximum atomic E-state index is 5.83. The van der Waals surface area contributed by atoms with Crippen LogP contribution in [0.25, 0.3) is 0 Å². The van der Waals surface area contributed by atoms with Crippen molar-refractivity contribution in [2.24, 2.45) is 0 Å². The number of anilines is 2. The van der Waals surface area contributed by atoms with Gasteiger partial charge in [0, 0.05) is 23.5 Å². The highest BCUT2D eigenvalue weighted by Gasteiger charge is 2.09. The van der Waals surface area contributed by atoms with Gasteiger partial charge in [-0.1, -0.05) is 0 Å². The molecule has 96 valence electrons. The Balaban J connectivity index is 2.13. The van der Waals surface area contributed by atoms with Gasteiger partial charge in [0.15, 0.2) is 0 Å². The minimum absolute atomic E-state index is 0.0174. The third kappa shape index (κ3) is 2.91. The molecular formula is C12H17N5O. The second-order valence-electron chi connectivity index (χ2n) is 3.96. The van der Waals surface area contributed by atoms with Crippen LogP contribution in [0.4, 0.5) is 11.4 Å². The van der Waals surface area contributed by atoms with Crippen molar-refractivity contribution in [3.8, 4) is 5.75 Å². The molecule has 0 fully saturated rings. The van der Waals surface area contributed by atoms with Gasteiger partial charge in [-0.05, 0) is 19.9 Å². The molecule has 0 amide bonds. The standard InChI is InChI=1S/C12H17N5O/c1-3-18-11-5-9(13)4-10(6-11)16-8(2)12-14-7-15-17-12/h4-8,16H,3,13H2,1-2H3,(H,14,15,17). The number of rotatable bonds is 5. The van der Waals surface area contributed by atoms with Crippen LogP contribution in [0, 0.1) is 0 Å². The van der Waals surface area contributed by atoms with Crippen molar-refractivity contribution in [2.45, 2.75) is 19.9 Å². The van der Waals surface area contributed by atoms with Gasteiger partial charge in [0.2, 0.25) is 0 Å². The van der Waals surface area contributed by atoms with Gasteiger partial charge in [-0.3, -0.25) is 5.10 Å². The molecule has 0 bridgehead atoms. The molecule has 2 aromatic rings. The number of nitrogens with one attached hydrogen (secondary N) is 2. The first-order valence-electron chi connectivity index (χ1n) is 5.84. The first kappa shape index (κ1) is 12.2. The molecule has 0 spiro atoms. The Hall–Kier alpha value is -2.24. The van der Waals surface area contributed by atoms with Crippen LogP contribution in [0.2, 0.25) is 0 Å². The summed E-state index contributed by atoms with van der Waals surface area (Å²) in [6.45, 7) is 4.54. The van der Waals surface area contributed by atoms with Crippen LogP contribution >= 0.6 is 0 Å². The number of nitrogens with two attached hydrogens (primary N) is 1. The molecule has 18 heavy (non-hydrogen) atoms. The number of ether oxygens (including phenoxy) is 1. The number of nitrogen functional groups attached to an aromatic ring is 1. The van der Waals surface area contributed by atoms with E-state index in [1.54, 1.807) is 6.07 Å². The molecule has 0 aliphatic rings. The van der Waals surface area contributed by atoms with E-state index in [0.717, 1.165) is 17.3 Å². The maximum absolute atomic E-state index is 5.83. The van der Waals surface area contributed by atoms with E-state index in [9.17, 15) is 0 Å². The van der Waals surface area contributed by atoms with Gasteiger partial charge in [0.25, 0.3) is 0 Å². The van der Waals surface area contributed by atoms with Gasteiger partial charge in [-0.15, -0.1) is 0 Å². The minimum Gasteiger partial charge on any atom is -0.494 e. The minimum atomic E-state index is 0.0174. The van der Waals surface area contributed by atoms with E-state index in [1.165, 1.54) is 6.33 Å². The van der Waals surface area contributed by atoms with Crippen LogP contribution in [0.5, 0.6) is 5.75 Å². The highest BCUT2D eigenvalue weighted by molar-refractivity contribution is 5.59. The van der Waals surface area contributed by atoms with Crippen molar-refractivity contribution >= 4 is 11.4 Å². The topological polar surface area (TPSA) is 88.8 Å². The first-order chi connectivity index (χ1) is 8.69. The second kappa shape index (κ2) is 5.39. The monoisotopic (exact) mass is 247 g/mol. The molecule has 1 aromatic heterocycles. The molecule has 0 saturated heterocycles. The molecule has 4 N–H and O–H groups in total. The normalized spacial score (nSPS) is 12.1. The van der Waals surface area contributed by atoms with Crippen LogP contribution in [-0.4, -0.2) is 21.8 Å². The lowest BCUT2D eigenvalue weighted by molar-refractivity contribution is 0.340. The van der Waals surface area contributed by atoms with Crippen LogP contribution in [0.15, 0.2) is 24.5 Å². The Labute approximate surface area is 106 Å². The third-order valence-electron chi connectivity index (χ3n) is 2.47. The predicted octanol–water partition coefficient (Wildman–Crippen LogP) is 1.96. The van der Waals surface area contributed by atoms with Crippen molar-refractivity contribution in [1.29, 1.82) is 0 Å². The van der Waals surface area contributed by atoms with E-state index in [0.29, 0.717) is 12.3 Å². The summed E-state index contributed by atoms with van der Waals surface area (Å²) in [5.41, 5.74) is 7.38. The molecular weight excluding hydrogens is 230 g/mol. The van der Waals surface area contributed by atoms with Gasteiger partial charge < -0.3 is 15.8 Å². The molecule has 0 aliphatic carbocycles. The maximum Gasteiger partial charge on any atom is 0.146 e. The Bertz CT molecular complexity index is 497. The fourth-order valence-corrected chi connectivity index (χ4v) is 1.70. The Morgan fingerprint density at radius 3 is 2.94 bits per heavy atom. The predicted molar refractivity (Wildman–Crippen MR) is 70.4 cm³/mol. The Morgan fingerprint density at radius 1 is 1.44 bits per heavy atom. The Morgan fingerprint density at radius 2 is 2.28 bits per heavy atom. The SMILES string of the molecule is CCOc1cc(N)cc(NC(C)c2ncn[nH]2)c1.